The number of hydrogen-bond donors (Lipinski definition) is 2. The van der Waals surface area contributed by atoms with Crippen LogP contribution in [0.2, 0.25) is 0 Å². The summed E-state index contributed by atoms with van der Waals surface area (Å²) < 4.78 is 18.4. The van der Waals surface area contributed by atoms with Crippen LogP contribution in [0.15, 0.2) is 72.8 Å². The number of carbonyl (C=O) groups is 2. The molecule has 150 valence electrons. The molecule has 0 aliphatic carbocycles. The van der Waals surface area contributed by atoms with Crippen molar-refractivity contribution in [3.8, 4) is 0 Å². The van der Waals surface area contributed by atoms with E-state index in [1.807, 2.05) is 30.3 Å². The molecule has 0 saturated carbocycles. The summed E-state index contributed by atoms with van der Waals surface area (Å²) in [6.45, 7) is 2.01. The molecule has 4 rings (SSSR count). The molecular formula is C24H19FN2O3. The van der Waals surface area contributed by atoms with Gasteiger partial charge in [-0.25, -0.2) is 9.18 Å². The van der Waals surface area contributed by atoms with Gasteiger partial charge in [0, 0.05) is 11.3 Å². The Morgan fingerprint density at radius 3 is 2.43 bits per heavy atom. The zero-order valence-corrected chi connectivity index (χ0v) is 16.2. The lowest BCUT2D eigenvalue weighted by molar-refractivity contribution is -0.110. The highest BCUT2D eigenvalue weighted by molar-refractivity contribution is 6.37. The highest BCUT2D eigenvalue weighted by Crippen LogP contribution is 2.38. The summed E-state index contributed by atoms with van der Waals surface area (Å²) in [5.74, 6) is -1.08. The number of halogens is 1. The van der Waals surface area contributed by atoms with Crippen molar-refractivity contribution in [2.24, 2.45) is 0 Å². The molecular weight excluding hydrogens is 383 g/mol. The second-order valence-corrected chi connectivity index (χ2v) is 6.68. The van der Waals surface area contributed by atoms with Crippen molar-refractivity contribution in [3.63, 3.8) is 0 Å². The molecule has 0 radical (unpaired) electrons. The van der Waals surface area contributed by atoms with Gasteiger partial charge in [-0.15, -0.1) is 0 Å². The number of amides is 1. The second kappa shape index (κ2) is 8.21. The Morgan fingerprint density at radius 1 is 1.00 bits per heavy atom. The maximum Gasteiger partial charge on any atom is 0.338 e. The minimum Gasteiger partial charge on any atom is -0.462 e. The minimum atomic E-state index is -0.445. The van der Waals surface area contributed by atoms with Crippen LogP contribution in [0.4, 0.5) is 15.8 Å². The van der Waals surface area contributed by atoms with Gasteiger partial charge in [-0.3, -0.25) is 4.79 Å². The molecule has 2 N–H and O–H groups in total. The third kappa shape index (κ3) is 3.80. The predicted octanol–water partition coefficient (Wildman–Crippen LogP) is 4.93. The Hall–Kier alpha value is -3.93. The Balaban J connectivity index is 1.83. The second-order valence-electron chi connectivity index (χ2n) is 6.68. The zero-order chi connectivity index (χ0) is 21.1. The van der Waals surface area contributed by atoms with Crippen molar-refractivity contribution in [2.45, 2.75) is 6.92 Å². The normalized spacial score (nSPS) is 14.0. The number of anilines is 2. The average molecular weight is 402 g/mol. The van der Waals surface area contributed by atoms with Crippen LogP contribution in [-0.2, 0) is 9.53 Å². The summed E-state index contributed by atoms with van der Waals surface area (Å²) >= 11 is 0. The molecule has 0 bridgehead atoms. The Morgan fingerprint density at radius 2 is 1.73 bits per heavy atom. The Bertz CT molecular complexity index is 1140. The molecule has 0 saturated heterocycles. The third-order valence-corrected chi connectivity index (χ3v) is 4.70. The quantitative estimate of drug-likeness (QED) is 0.469. The number of carbonyl (C=O) groups excluding carboxylic acids is 2. The molecule has 6 heteroatoms. The monoisotopic (exact) mass is 402 g/mol. The molecule has 1 amide bonds. The van der Waals surface area contributed by atoms with E-state index in [1.165, 1.54) is 12.1 Å². The largest absolute Gasteiger partial charge is 0.462 e. The van der Waals surface area contributed by atoms with Gasteiger partial charge >= 0.3 is 5.97 Å². The smallest absolute Gasteiger partial charge is 0.338 e. The number of esters is 1. The number of nitrogens with one attached hydrogen (secondary N) is 2. The van der Waals surface area contributed by atoms with E-state index in [4.69, 9.17) is 4.74 Å². The summed E-state index contributed by atoms with van der Waals surface area (Å²) in [6.07, 6.45) is 0. The summed E-state index contributed by atoms with van der Waals surface area (Å²) in [7, 11) is 0. The van der Waals surface area contributed by atoms with Gasteiger partial charge in [-0.05, 0) is 48.9 Å². The first-order valence-electron chi connectivity index (χ1n) is 9.52. The van der Waals surface area contributed by atoms with Crippen LogP contribution >= 0.6 is 0 Å². The average Bonchev–Trinajstić information content (AvgIpc) is 3.09. The van der Waals surface area contributed by atoms with E-state index in [9.17, 15) is 14.0 Å². The number of hydrogen-bond acceptors (Lipinski definition) is 4. The van der Waals surface area contributed by atoms with Crippen LogP contribution < -0.4 is 10.6 Å². The van der Waals surface area contributed by atoms with Crippen molar-refractivity contribution < 1.29 is 18.7 Å². The van der Waals surface area contributed by atoms with Crippen LogP contribution in [0, 0.1) is 5.82 Å². The van der Waals surface area contributed by atoms with E-state index in [0.717, 1.165) is 5.56 Å². The van der Waals surface area contributed by atoms with E-state index >= 15 is 0 Å². The topological polar surface area (TPSA) is 67.4 Å². The maximum atomic E-state index is 13.3. The molecule has 3 aromatic carbocycles. The SMILES string of the molecule is CCOC(=O)c1ccc2c(c1)NC(=O)/C2=C(/Nc1ccc(F)cc1)c1ccccc1. The van der Waals surface area contributed by atoms with Gasteiger partial charge in [0.1, 0.15) is 5.82 Å². The van der Waals surface area contributed by atoms with Gasteiger partial charge in [-0.2, -0.15) is 0 Å². The van der Waals surface area contributed by atoms with Crippen LogP contribution in [0.1, 0.15) is 28.4 Å². The van der Waals surface area contributed by atoms with Crippen LogP contribution in [0.3, 0.4) is 0 Å². The highest BCUT2D eigenvalue weighted by Gasteiger charge is 2.29. The fourth-order valence-electron chi connectivity index (χ4n) is 3.32. The number of ether oxygens (including phenoxy) is 1. The first-order chi connectivity index (χ1) is 14.6. The molecule has 0 fully saturated rings. The van der Waals surface area contributed by atoms with Crippen LogP contribution in [-0.4, -0.2) is 18.5 Å². The lowest BCUT2D eigenvalue weighted by atomic mass is 9.99. The number of benzene rings is 3. The van der Waals surface area contributed by atoms with Gasteiger partial charge in [0.25, 0.3) is 5.91 Å². The molecule has 0 aromatic heterocycles. The standard InChI is InChI=1S/C24H19FN2O3/c1-2-30-24(29)16-8-13-19-20(14-16)27-23(28)21(19)22(15-6-4-3-5-7-15)26-18-11-9-17(25)10-12-18/h3-14,26H,2H2,1H3,(H,27,28)/b22-21+. The molecule has 3 aromatic rings. The van der Waals surface area contributed by atoms with E-state index in [-0.39, 0.29) is 18.3 Å². The van der Waals surface area contributed by atoms with Crippen LogP contribution in [0.5, 0.6) is 0 Å². The summed E-state index contributed by atoms with van der Waals surface area (Å²) in [4.78, 5) is 25.0. The summed E-state index contributed by atoms with van der Waals surface area (Å²) in [5.41, 5.74) is 4.04. The first kappa shape index (κ1) is 19.4. The molecule has 1 heterocycles. The fraction of sp³-hybridized carbons (Fsp3) is 0.0833. The van der Waals surface area contributed by atoms with Crippen molar-refractivity contribution in [2.75, 3.05) is 17.2 Å². The van der Waals surface area contributed by atoms with Crippen molar-refractivity contribution in [1.82, 2.24) is 0 Å². The molecule has 1 aliphatic rings. The Kier molecular flexibility index (Phi) is 5.30. The van der Waals surface area contributed by atoms with Crippen molar-refractivity contribution in [3.05, 3.63) is 95.3 Å². The van der Waals surface area contributed by atoms with Crippen LogP contribution in [0.25, 0.3) is 11.3 Å². The van der Waals surface area contributed by atoms with E-state index in [0.29, 0.717) is 33.8 Å². The summed E-state index contributed by atoms with van der Waals surface area (Å²) in [6, 6.07) is 20.3. The van der Waals surface area contributed by atoms with Gasteiger partial charge < -0.3 is 15.4 Å². The van der Waals surface area contributed by atoms with Gasteiger partial charge in [0.05, 0.1) is 29.1 Å². The molecule has 0 spiro atoms. The molecule has 1 aliphatic heterocycles. The molecule has 0 unspecified atom stereocenters. The van der Waals surface area contributed by atoms with E-state index in [1.54, 1.807) is 37.3 Å². The van der Waals surface area contributed by atoms with Gasteiger partial charge in [0.15, 0.2) is 0 Å². The summed E-state index contributed by atoms with van der Waals surface area (Å²) in [5, 5.41) is 6.08. The first-order valence-corrected chi connectivity index (χ1v) is 9.52. The van der Waals surface area contributed by atoms with Gasteiger partial charge in [0.2, 0.25) is 0 Å². The van der Waals surface area contributed by atoms with Gasteiger partial charge in [-0.1, -0.05) is 36.4 Å². The molecule has 0 atom stereocenters. The predicted molar refractivity (Wildman–Crippen MR) is 114 cm³/mol. The van der Waals surface area contributed by atoms with Crippen molar-refractivity contribution >= 4 is 34.5 Å². The lowest BCUT2D eigenvalue weighted by Gasteiger charge is -2.15. The van der Waals surface area contributed by atoms with E-state index in [2.05, 4.69) is 10.6 Å². The number of fused-ring (bicyclic) bond motifs is 1. The minimum absolute atomic E-state index is 0.271. The van der Waals surface area contributed by atoms with Crippen molar-refractivity contribution in [1.29, 1.82) is 0 Å². The highest BCUT2D eigenvalue weighted by atomic mass is 19.1. The molecule has 30 heavy (non-hydrogen) atoms. The Labute approximate surface area is 173 Å². The lowest BCUT2D eigenvalue weighted by Crippen LogP contribution is -2.10. The van der Waals surface area contributed by atoms with E-state index < -0.39 is 5.97 Å². The maximum absolute atomic E-state index is 13.3. The zero-order valence-electron chi connectivity index (χ0n) is 16.2. The fourth-order valence-corrected chi connectivity index (χ4v) is 3.32. The third-order valence-electron chi connectivity index (χ3n) is 4.70. The number of rotatable bonds is 5. The molecule has 5 nitrogen and oxygen atoms in total.